The summed E-state index contributed by atoms with van der Waals surface area (Å²) < 4.78 is 4.84. The highest BCUT2D eigenvalue weighted by Crippen LogP contribution is 2.30. The van der Waals surface area contributed by atoms with Gasteiger partial charge in [-0.05, 0) is 6.42 Å². The summed E-state index contributed by atoms with van der Waals surface area (Å²) in [7, 11) is 0. The fourth-order valence-corrected chi connectivity index (χ4v) is 1.49. The third kappa shape index (κ3) is 3.81. The summed E-state index contributed by atoms with van der Waals surface area (Å²) in [6.07, 6.45) is 8.14. The Morgan fingerprint density at radius 2 is 1.86 bits per heavy atom. The first-order valence-corrected chi connectivity index (χ1v) is 5.40. The summed E-state index contributed by atoms with van der Waals surface area (Å²) in [4.78, 5) is 10.4. The maximum absolute atomic E-state index is 10.4. The van der Waals surface area contributed by atoms with Crippen molar-refractivity contribution < 1.29 is 14.6 Å². The van der Waals surface area contributed by atoms with Crippen molar-refractivity contribution in [1.82, 2.24) is 0 Å². The summed E-state index contributed by atoms with van der Waals surface area (Å²) in [5.41, 5.74) is 0. The van der Waals surface area contributed by atoms with Crippen LogP contribution in [0.1, 0.15) is 51.9 Å². The highest BCUT2D eigenvalue weighted by atomic mass is 16.6. The van der Waals surface area contributed by atoms with Gasteiger partial charge in [0.2, 0.25) is 5.76 Å². The number of carboxylic acid groups (broad SMARTS) is 1. The van der Waals surface area contributed by atoms with Gasteiger partial charge in [0.1, 0.15) is 0 Å². The molecule has 1 N–H and O–H groups in total. The van der Waals surface area contributed by atoms with Crippen LogP contribution in [0.15, 0.2) is 11.5 Å². The molecule has 80 valence electrons. The van der Waals surface area contributed by atoms with E-state index in [1.807, 2.05) is 0 Å². The topological polar surface area (TPSA) is 49.8 Å². The predicted molar refractivity (Wildman–Crippen MR) is 53.7 cm³/mol. The number of aliphatic carboxylic acids is 1. The zero-order valence-corrected chi connectivity index (χ0v) is 8.71. The zero-order chi connectivity index (χ0) is 10.4. The molecule has 1 aliphatic rings. The lowest BCUT2D eigenvalue weighted by Crippen LogP contribution is -1.88. The first-order valence-electron chi connectivity index (χ1n) is 5.40. The second kappa shape index (κ2) is 5.68. The minimum Gasteiger partial charge on any atom is -0.475 e. The van der Waals surface area contributed by atoms with E-state index in [9.17, 15) is 4.79 Å². The Kier molecular flexibility index (Phi) is 4.50. The third-order valence-corrected chi connectivity index (χ3v) is 2.39. The average Bonchev–Trinajstić information content (AvgIpc) is 2.90. The fourth-order valence-electron chi connectivity index (χ4n) is 1.49. The molecular formula is C11H18O3. The molecule has 0 aromatic carbocycles. The van der Waals surface area contributed by atoms with Crippen LogP contribution < -0.4 is 0 Å². The van der Waals surface area contributed by atoms with Gasteiger partial charge < -0.3 is 9.84 Å². The number of allylic oxidation sites excluding steroid dienone is 1. The molecule has 0 amide bonds. The van der Waals surface area contributed by atoms with Gasteiger partial charge in [-0.25, -0.2) is 4.79 Å². The molecule has 0 fully saturated rings. The van der Waals surface area contributed by atoms with Crippen molar-refractivity contribution in [2.24, 2.45) is 0 Å². The van der Waals surface area contributed by atoms with Crippen molar-refractivity contribution in [3.8, 4) is 0 Å². The Hall–Kier alpha value is -0.990. The van der Waals surface area contributed by atoms with Crippen LogP contribution in [-0.4, -0.2) is 11.1 Å². The number of hydrogen-bond acceptors (Lipinski definition) is 2. The van der Waals surface area contributed by atoms with E-state index in [0.717, 1.165) is 12.8 Å². The van der Waals surface area contributed by atoms with Crippen molar-refractivity contribution in [1.29, 1.82) is 0 Å². The highest BCUT2D eigenvalue weighted by molar-refractivity contribution is 5.88. The van der Waals surface area contributed by atoms with Crippen molar-refractivity contribution in [3.63, 3.8) is 0 Å². The van der Waals surface area contributed by atoms with Gasteiger partial charge in [-0.2, -0.15) is 0 Å². The first-order chi connectivity index (χ1) is 6.75. The zero-order valence-electron chi connectivity index (χ0n) is 8.71. The van der Waals surface area contributed by atoms with Gasteiger partial charge >= 0.3 is 5.97 Å². The molecule has 0 spiro atoms. The van der Waals surface area contributed by atoms with Gasteiger partial charge in [0, 0.05) is 6.42 Å². The minimum atomic E-state index is -0.925. The quantitative estimate of drug-likeness (QED) is 0.610. The van der Waals surface area contributed by atoms with Crippen LogP contribution in [0.25, 0.3) is 0 Å². The van der Waals surface area contributed by atoms with Crippen LogP contribution in [0, 0.1) is 0 Å². The van der Waals surface area contributed by atoms with Crippen molar-refractivity contribution in [2.45, 2.75) is 51.9 Å². The molecule has 3 nitrogen and oxygen atoms in total. The Bertz CT molecular complexity index is 231. The van der Waals surface area contributed by atoms with Gasteiger partial charge in [-0.3, -0.25) is 0 Å². The Labute approximate surface area is 84.8 Å². The molecule has 0 atom stereocenters. The van der Waals surface area contributed by atoms with Crippen molar-refractivity contribution >= 4 is 5.97 Å². The molecule has 0 aliphatic carbocycles. The Balaban J connectivity index is 1.93. The van der Waals surface area contributed by atoms with Crippen LogP contribution in [0.3, 0.4) is 0 Å². The smallest absolute Gasteiger partial charge is 0.375 e. The van der Waals surface area contributed by atoms with Gasteiger partial charge in [0.15, 0.2) is 5.76 Å². The number of rotatable bonds is 8. The predicted octanol–water partition coefficient (Wildman–Crippen LogP) is 3.06. The van der Waals surface area contributed by atoms with E-state index in [2.05, 4.69) is 6.92 Å². The number of unbranched alkanes of at least 4 members (excludes halogenated alkanes) is 5. The molecule has 1 rings (SSSR count). The number of ether oxygens (including phenoxy) is 1. The third-order valence-electron chi connectivity index (χ3n) is 2.39. The van der Waals surface area contributed by atoms with E-state index in [1.54, 1.807) is 0 Å². The monoisotopic (exact) mass is 198 g/mol. The molecule has 0 radical (unpaired) electrons. The van der Waals surface area contributed by atoms with Crippen LogP contribution >= 0.6 is 0 Å². The lowest BCUT2D eigenvalue weighted by molar-refractivity contribution is -0.133. The molecule has 0 saturated carbocycles. The molecule has 0 bridgehead atoms. The Morgan fingerprint density at radius 3 is 2.43 bits per heavy atom. The maximum Gasteiger partial charge on any atom is 0.375 e. The Morgan fingerprint density at radius 1 is 1.21 bits per heavy atom. The normalized spacial score (nSPS) is 14.1. The lowest BCUT2D eigenvalue weighted by atomic mass is 10.1. The molecule has 0 aromatic heterocycles. The first kappa shape index (κ1) is 11.1. The van der Waals surface area contributed by atoms with Gasteiger partial charge in [0.25, 0.3) is 0 Å². The SMILES string of the molecule is CCCCCCCCC1=C(C(=O)O)O1. The molecule has 1 heterocycles. The lowest BCUT2D eigenvalue weighted by Gasteiger charge is -1.96. The summed E-state index contributed by atoms with van der Waals surface area (Å²) in [6.45, 7) is 2.20. The summed E-state index contributed by atoms with van der Waals surface area (Å²) in [6, 6.07) is 0. The molecule has 0 unspecified atom stereocenters. The average molecular weight is 198 g/mol. The minimum absolute atomic E-state index is 0.179. The largest absolute Gasteiger partial charge is 0.475 e. The van der Waals surface area contributed by atoms with Crippen LogP contribution in [-0.2, 0) is 9.53 Å². The van der Waals surface area contributed by atoms with Gasteiger partial charge in [-0.15, -0.1) is 0 Å². The second-order valence-electron chi connectivity index (χ2n) is 3.68. The van der Waals surface area contributed by atoms with Crippen LogP contribution in [0.4, 0.5) is 0 Å². The summed E-state index contributed by atoms with van der Waals surface area (Å²) in [5.74, 6) is -0.0578. The number of carbonyl (C=O) groups is 1. The van der Waals surface area contributed by atoms with E-state index in [1.165, 1.54) is 32.1 Å². The van der Waals surface area contributed by atoms with E-state index in [0.29, 0.717) is 5.76 Å². The number of hydrogen-bond donors (Lipinski definition) is 1. The molecule has 0 saturated heterocycles. The van der Waals surface area contributed by atoms with Crippen molar-refractivity contribution in [2.75, 3.05) is 0 Å². The van der Waals surface area contributed by atoms with E-state index in [-0.39, 0.29) is 5.76 Å². The van der Waals surface area contributed by atoms with Gasteiger partial charge in [0.05, 0.1) is 0 Å². The molecule has 0 aromatic rings. The van der Waals surface area contributed by atoms with E-state index >= 15 is 0 Å². The van der Waals surface area contributed by atoms with Crippen LogP contribution in [0.5, 0.6) is 0 Å². The highest BCUT2D eigenvalue weighted by Gasteiger charge is 2.30. The molecule has 1 aliphatic heterocycles. The number of carboxylic acids is 1. The van der Waals surface area contributed by atoms with Crippen molar-refractivity contribution in [3.05, 3.63) is 11.5 Å². The molecule has 14 heavy (non-hydrogen) atoms. The fraction of sp³-hybridized carbons (Fsp3) is 0.727. The summed E-state index contributed by atoms with van der Waals surface area (Å²) >= 11 is 0. The van der Waals surface area contributed by atoms with Gasteiger partial charge in [-0.1, -0.05) is 39.0 Å². The summed E-state index contributed by atoms with van der Waals surface area (Å²) in [5, 5.41) is 8.51. The van der Waals surface area contributed by atoms with E-state index < -0.39 is 5.97 Å². The second-order valence-corrected chi connectivity index (χ2v) is 3.68. The molecular weight excluding hydrogens is 180 g/mol. The standard InChI is InChI=1S/C11H18O3/c1-2-3-4-5-6-7-8-9-10(14-9)11(12)13/h2-8H2,1H3,(H,12,13). The molecule has 3 heteroatoms. The van der Waals surface area contributed by atoms with Crippen LogP contribution in [0.2, 0.25) is 0 Å². The van der Waals surface area contributed by atoms with E-state index in [4.69, 9.17) is 9.84 Å². The maximum atomic E-state index is 10.4.